The number of aryl methyl sites for hydroxylation is 1. The van der Waals surface area contributed by atoms with Crippen LogP contribution in [0.15, 0.2) is 24.3 Å². The Labute approximate surface area is 137 Å². The molecule has 2 saturated heterocycles. The lowest BCUT2D eigenvalue weighted by atomic mass is 9.88. The zero-order valence-electron chi connectivity index (χ0n) is 13.8. The molecule has 128 valence electrons. The van der Waals surface area contributed by atoms with E-state index in [-0.39, 0.29) is 6.61 Å². The van der Waals surface area contributed by atoms with Crippen LogP contribution in [0.3, 0.4) is 0 Å². The van der Waals surface area contributed by atoms with Crippen LogP contribution >= 0.6 is 0 Å². The Bertz CT molecular complexity index is 517. The third-order valence-corrected chi connectivity index (χ3v) is 4.97. The Balaban J connectivity index is 1.62. The molecule has 5 nitrogen and oxygen atoms in total. The second-order valence-electron chi connectivity index (χ2n) is 6.83. The Morgan fingerprint density at radius 1 is 1.30 bits per heavy atom. The van der Waals surface area contributed by atoms with Crippen molar-refractivity contribution in [2.45, 2.75) is 43.9 Å². The molecule has 0 radical (unpaired) electrons. The highest BCUT2D eigenvalue weighted by molar-refractivity contribution is 5.27. The molecule has 2 aliphatic heterocycles. The van der Waals surface area contributed by atoms with Gasteiger partial charge in [-0.3, -0.25) is 4.90 Å². The lowest BCUT2D eigenvalue weighted by molar-refractivity contribution is -0.149. The van der Waals surface area contributed by atoms with E-state index in [0.29, 0.717) is 19.0 Å². The van der Waals surface area contributed by atoms with Gasteiger partial charge in [0.05, 0.1) is 6.10 Å². The number of β-amino-alcohol motifs (C(OH)–C–C–N with tert-alkyl or cyclic N) is 1. The van der Waals surface area contributed by atoms with E-state index in [1.54, 1.807) is 0 Å². The summed E-state index contributed by atoms with van der Waals surface area (Å²) in [5.74, 6) is 0.730. The van der Waals surface area contributed by atoms with Crippen molar-refractivity contribution in [1.82, 2.24) is 4.90 Å². The van der Waals surface area contributed by atoms with Crippen LogP contribution in [-0.2, 0) is 4.74 Å². The Morgan fingerprint density at radius 2 is 2.09 bits per heavy atom. The number of likely N-dealkylation sites (tertiary alicyclic amines) is 1. The predicted molar refractivity (Wildman–Crippen MR) is 87.7 cm³/mol. The number of hydrogen-bond acceptors (Lipinski definition) is 5. The van der Waals surface area contributed by atoms with Gasteiger partial charge in [0.25, 0.3) is 0 Å². The van der Waals surface area contributed by atoms with Crippen LogP contribution in [0.25, 0.3) is 0 Å². The van der Waals surface area contributed by atoms with Crippen molar-refractivity contribution in [1.29, 1.82) is 0 Å². The Morgan fingerprint density at radius 3 is 2.83 bits per heavy atom. The average Bonchev–Trinajstić information content (AvgIpc) is 2.57. The molecule has 3 rings (SSSR count). The number of benzene rings is 1. The van der Waals surface area contributed by atoms with Crippen LogP contribution in [0.4, 0.5) is 0 Å². The largest absolute Gasteiger partial charge is 0.490 e. The summed E-state index contributed by atoms with van der Waals surface area (Å²) in [6.07, 6.45) is 1.81. The number of nitrogens with zero attached hydrogens (tertiary/aromatic N) is 1. The number of aliphatic hydroxyl groups excluding tert-OH is 1. The topological polar surface area (TPSA) is 62.2 Å². The fraction of sp³-hybridized carbons (Fsp3) is 0.667. The van der Waals surface area contributed by atoms with Crippen molar-refractivity contribution in [3.63, 3.8) is 0 Å². The minimum Gasteiger partial charge on any atom is -0.490 e. The number of ether oxygens (including phenoxy) is 2. The van der Waals surface area contributed by atoms with Crippen molar-refractivity contribution < 1.29 is 19.7 Å². The minimum atomic E-state index is -1.22. The van der Waals surface area contributed by atoms with Crippen molar-refractivity contribution in [2.75, 3.05) is 32.9 Å². The molecule has 2 fully saturated rings. The summed E-state index contributed by atoms with van der Waals surface area (Å²) in [7, 11) is 0. The smallest absolute Gasteiger partial charge is 0.137 e. The molecule has 0 saturated carbocycles. The van der Waals surface area contributed by atoms with Crippen molar-refractivity contribution in [3.05, 3.63) is 29.8 Å². The standard InChI is InChI=1S/C18H27NO4/c1-14-3-2-4-16(11-14)23-13-18(21)12-19(8-5-17(18)20)15-6-9-22-10-7-15/h2-4,11,15,17,20-21H,5-10,12-13H2,1H3/t17-,18-/m0/s1. The van der Waals surface area contributed by atoms with E-state index >= 15 is 0 Å². The average molecular weight is 321 g/mol. The molecule has 2 atom stereocenters. The van der Waals surface area contributed by atoms with E-state index < -0.39 is 11.7 Å². The third-order valence-electron chi connectivity index (χ3n) is 4.97. The van der Waals surface area contributed by atoms with Gasteiger partial charge in [0.2, 0.25) is 0 Å². The first kappa shape index (κ1) is 16.7. The van der Waals surface area contributed by atoms with Gasteiger partial charge in [-0.05, 0) is 43.9 Å². The van der Waals surface area contributed by atoms with Gasteiger partial charge in [0.1, 0.15) is 18.0 Å². The summed E-state index contributed by atoms with van der Waals surface area (Å²) < 4.78 is 11.2. The maximum atomic E-state index is 10.9. The quantitative estimate of drug-likeness (QED) is 0.876. The molecule has 23 heavy (non-hydrogen) atoms. The second kappa shape index (κ2) is 7.18. The normalized spacial score (nSPS) is 30.3. The van der Waals surface area contributed by atoms with Gasteiger partial charge in [-0.1, -0.05) is 12.1 Å². The van der Waals surface area contributed by atoms with Crippen LogP contribution in [0.5, 0.6) is 5.75 Å². The van der Waals surface area contributed by atoms with Gasteiger partial charge in [-0.15, -0.1) is 0 Å². The summed E-state index contributed by atoms with van der Waals surface area (Å²) in [5.41, 5.74) is -0.108. The van der Waals surface area contributed by atoms with E-state index in [4.69, 9.17) is 9.47 Å². The Kier molecular flexibility index (Phi) is 5.21. The zero-order chi connectivity index (χ0) is 16.3. The predicted octanol–water partition coefficient (Wildman–Crippen LogP) is 1.35. The summed E-state index contributed by atoms with van der Waals surface area (Å²) in [6.45, 7) is 4.94. The number of hydrogen-bond donors (Lipinski definition) is 2. The number of piperidine rings is 1. The Hall–Kier alpha value is -1.14. The molecule has 0 unspecified atom stereocenters. The number of rotatable bonds is 4. The van der Waals surface area contributed by atoms with Crippen LogP contribution in [0, 0.1) is 6.92 Å². The highest BCUT2D eigenvalue weighted by Crippen LogP contribution is 2.27. The van der Waals surface area contributed by atoms with Crippen LogP contribution < -0.4 is 4.74 Å². The van der Waals surface area contributed by atoms with E-state index in [2.05, 4.69) is 4.90 Å². The summed E-state index contributed by atoms with van der Waals surface area (Å²) in [4.78, 5) is 2.29. The molecule has 1 aromatic rings. The van der Waals surface area contributed by atoms with Gasteiger partial charge in [0.15, 0.2) is 0 Å². The second-order valence-corrected chi connectivity index (χ2v) is 6.83. The van der Waals surface area contributed by atoms with E-state index in [1.807, 2.05) is 31.2 Å². The molecule has 0 aromatic heterocycles. The fourth-order valence-electron chi connectivity index (χ4n) is 3.51. The van der Waals surface area contributed by atoms with E-state index in [0.717, 1.165) is 43.9 Å². The fourth-order valence-corrected chi connectivity index (χ4v) is 3.51. The number of aliphatic hydroxyl groups is 2. The van der Waals surface area contributed by atoms with Gasteiger partial charge in [-0.2, -0.15) is 0 Å². The molecule has 0 amide bonds. The molecule has 5 heteroatoms. The van der Waals surface area contributed by atoms with Crippen molar-refractivity contribution in [2.24, 2.45) is 0 Å². The molecular weight excluding hydrogens is 294 g/mol. The first-order chi connectivity index (χ1) is 11.1. The maximum absolute atomic E-state index is 10.9. The van der Waals surface area contributed by atoms with Crippen LogP contribution in [-0.4, -0.2) is 65.8 Å². The zero-order valence-corrected chi connectivity index (χ0v) is 13.8. The van der Waals surface area contributed by atoms with Gasteiger partial charge in [-0.25, -0.2) is 0 Å². The van der Waals surface area contributed by atoms with Crippen molar-refractivity contribution >= 4 is 0 Å². The highest BCUT2D eigenvalue weighted by atomic mass is 16.5. The highest BCUT2D eigenvalue weighted by Gasteiger charge is 2.43. The summed E-state index contributed by atoms with van der Waals surface area (Å²) >= 11 is 0. The lowest BCUT2D eigenvalue weighted by Gasteiger charge is -2.46. The third kappa shape index (κ3) is 4.04. The first-order valence-corrected chi connectivity index (χ1v) is 8.48. The van der Waals surface area contributed by atoms with Crippen molar-refractivity contribution in [3.8, 4) is 5.75 Å². The maximum Gasteiger partial charge on any atom is 0.137 e. The first-order valence-electron chi connectivity index (χ1n) is 8.48. The lowest BCUT2D eigenvalue weighted by Crippen LogP contribution is -2.62. The van der Waals surface area contributed by atoms with Gasteiger partial charge < -0.3 is 19.7 Å². The van der Waals surface area contributed by atoms with Crippen LogP contribution in [0.1, 0.15) is 24.8 Å². The molecule has 2 N–H and O–H groups in total. The summed E-state index contributed by atoms with van der Waals surface area (Å²) in [5, 5.41) is 21.2. The minimum absolute atomic E-state index is 0.108. The SMILES string of the molecule is Cc1cccc(OC[C@@]2(O)CN(C3CCOCC3)CC[C@@H]2O)c1. The monoisotopic (exact) mass is 321 g/mol. The van der Waals surface area contributed by atoms with E-state index in [9.17, 15) is 10.2 Å². The molecule has 1 aromatic carbocycles. The molecule has 0 bridgehead atoms. The van der Waals surface area contributed by atoms with Gasteiger partial charge >= 0.3 is 0 Å². The van der Waals surface area contributed by atoms with Gasteiger partial charge in [0, 0.05) is 32.3 Å². The van der Waals surface area contributed by atoms with E-state index in [1.165, 1.54) is 0 Å². The molecule has 0 aliphatic carbocycles. The molecule has 2 heterocycles. The molecule has 0 spiro atoms. The summed E-state index contributed by atoms with van der Waals surface area (Å²) in [6, 6.07) is 8.18. The molecule has 2 aliphatic rings. The molecular formula is C18H27NO4. The van der Waals surface area contributed by atoms with Crippen LogP contribution in [0.2, 0.25) is 0 Å².